The van der Waals surface area contributed by atoms with Crippen LogP contribution in [0.15, 0.2) is 36.4 Å². The monoisotopic (exact) mass is 498 g/mol. The Morgan fingerprint density at radius 2 is 1.88 bits per heavy atom. The van der Waals surface area contributed by atoms with Crippen LogP contribution < -0.4 is 4.72 Å². The summed E-state index contributed by atoms with van der Waals surface area (Å²) < 4.78 is 81.7. The maximum absolute atomic E-state index is 15.5. The molecule has 3 atom stereocenters. The zero-order valence-electron chi connectivity index (χ0n) is 18.1. The molecule has 182 valence electrons. The van der Waals surface area contributed by atoms with Gasteiger partial charge in [-0.15, -0.1) is 0 Å². The molecule has 2 heterocycles. The van der Waals surface area contributed by atoms with E-state index in [9.17, 15) is 13.6 Å². The Kier molecular flexibility index (Phi) is 6.32. The number of nitrogens with one attached hydrogen (secondary N) is 1. The highest BCUT2D eigenvalue weighted by Crippen LogP contribution is 2.40. The van der Waals surface area contributed by atoms with Gasteiger partial charge in [-0.2, -0.15) is 0 Å². The molecule has 0 radical (unpaired) electrons. The van der Waals surface area contributed by atoms with Crippen molar-refractivity contribution < 1.29 is 31.5 Å². The van der Waals surface area contributed by atoms with Gasteiger partial charge in [0.25, 0.3) is 11.8 Å². The second-order valence-electron chi connectivity index (χ2n) is 8.96. The van der Waals surface area contributed by atoms with Gasteiger partial charge in [0.2, 0.25) is 0 Å². The summed E-state index contributed by atoms with van der Waals surface area (Å²) in [5, 5.41) is 0.243. The Bertz CT molecular complexity index is 1090. The molecule has 4 nitrogen and oxygen atoms in total. The number of alkyl halides is 2. The third kappa shape index (κ3) is 4.55. The molecule has 2 aliphatic heterocycles. The van der Waals surface area contributed by atoms with E-state index >= 15 is 13.2 Å². The Hall–Kier alpha value is -2.17. The number of halogens is 5. The van der Waals surface area contributed by atoms with Gasteiger partial charge < -0.3 is 9.64 Å². The maximum Gasteiger partial charge on any atom is 0.283 e. The first kappa shape index (κ1) is 23.6. The highest BCUT2D eigenvalue weighted by molar-refractivity contribution is 7.98. The summed E-state index contributed by atoms with van der Waals surface area (Å²) in [4.78, 5) is 14.0. The number of carbonyl (C=O) groups is 1. The molecular weight excluding hydrogens is 475 g/mol. The van der Waals surface area contributed by atoms with Gasteiger partial charge >= 0.3 is 0 Å². The third-order valence-electron chi connectivity index (χ3n) is 6.49. The normalized spacial score (nSPS) is 25.9. The molecule has 5 rings (SSSR count). The molecule has 0 aromatic heterocycles. The molecule has 2 aromatic carbocycles. The molecule has 10 heteroatoms. The molecule has 1 aliphatic carbocycles. The van der Waals surface area contributed by atoms with Gasteiger partial charge in [0, 0.05) is 22.8 Å². The highest BCUT2D eigenvalue weighted by Gasteiger charge is 2.57. The van der Waals surface area contributed by atoms with Crippen molar-refractivity contribution in [2.75, 3.05) is 13.2 Å². The van der Waals surface area contributed by atoms with Crippen LogP contribution in [-0.4, -0.2) is 53.3 Å². The number of carbonyl (C=O) groups excluding carboxylic acids is 1. The Morgan fingerprint density at radius 3 is 2.56 bits per heavy atom. The number of ether oxygens (including phenoxy) is 1. The molecular formula is C24H23F5N2O2S. The standard InChI is InChI=1S/C24H23F5N2O2S/c25-14-4-7-18(26)17(11-14)16-3-1-2-13(21(16)27)10-19-22(30-34-15-5-6-15)24(28,29)12-31(19)23(32)20-8-9-33-20/h1-4,7,11,15,19-20,22,30H,5-6,8-10,12H2. The highest BCUT2D eigenvalue weighted by atomic mass is 32.2. The molecule has 1 N–H and O–H groups in total. The summed E-state index contributed by atoms with van der Waals surface area (Å²) >= 11 is 1.22. The summed E-state index contributed by atoms with van der Waals surface area (Å²) in [7, 11) is 0. The predicted molar refractivity (Wildman–Crippen MR) is 118 cm³/mol. The van der Waals surface area contributed by atoms with Crippen molar-refractivity contribution in [2.24, 2.45) is 0 Å². The van der Waals surface area contributed by atoms with Gasteiger partial charge in [-0.05, 0) is 43.0 Å². The van der Waals surface area contributed by atoms with Crippen molar-refractivity contribution in [1.82, 2.24) is 9.62 Å². The lowest BCUT2D eigenvalue weighted by Crippen LogP contribution is -2.51. The van der Waals surface area contributed by atoms with Gasteiger partial charge in [0.05, 0.1) is 19.2 Å². The Morgan fingerprint density at radius 1 is 1.12 bits per heavy atom. The van der Waals surface area contributed by atoms with Crippen LogP contribution in [0, 0.1) is 17.5 Å². The first-order chi connectivity index (χ1) is 16.2. The number of nitrogens with zero attached hydrogens (tertiary/aromatic N) is 1. The molecule has 3 fully saturated rings. The van der Waals surface area contributed by atoms with Crippen LogP contribution in [0.2, 0.25) is 0 Å². The molecule has 2 saturated heterocycles. The van der Waals surface area contributed by atoms with Crippen LogP contribution in [0.5, 0.6) is 0 Å². The average Bonchev–Trinajstić information content (AvgIpc) is 3.53. The minimum Gasteiger partial charge on any atom is -0.368 e. The summed E-state index contributed by atoms with van der Waals surface area (Å²) in [5.41, 5.74) is -0.387. The Labute approximate surface area is 198 Å². The fourth-order valence-electron chi connectivity index (χ4n) is 4.38. The van der Waals surface area contributed by atoms with E-state index in [-0.39, 0.29) is 28.4 Å². The second-order valence-corrected chi connectivity index (χ2v) is 10.1. The van der Waals surface area contributed by atoms with E-state index in [1.54, 1.807) is 0 Å². The zero-order chi connectivity index (χ0) is 24.0. The van der Waals surface area contributed by atoms with E-state index in [4.69, 9.17) is 4.74 Å². The Balaban J connectivity index is 1.47. The minimum absolute atomic E-state index is 0.0411. The SMILES string of the molecule is O=C(C1CCO1)N1CC(F)(F)C(NSC2CC2)C1Cc1cccc(-c2cc(F)ccc2F)c1F. The molecule has 0 spiro atoms. The number of amides is 1. The second kappa shape index (κ2) is 9.13. The zero-order valence-corrected chi connectivity index (χ0v) is 18.9. The smallest absolute Gasteiger partial charge is 0.283 e. The largest absolute Gasteiger partial charge is 0.368 e. The van der Waals surface area contributed by atoms with Crippen molar-refractivity contribution in [1.29, 1.82) is 0 Å². The van der Waals surface area contributed by atoms with Crippen LogP contribution in [0.4, 0.5) is 22.0 Å². The van der Waals surface area contributed by atoms with Crippen molar-refractivity contribution in [3.05, 3.63) is 59.4 Å². The van der Waals surface area contributed by atoms with Crippen LogP contribution in [-0.2, 0) is 16.0 Å². The molecule has 0 bridgehead atoms. The van der Waals surface area contributed by atoms with E-state index in [0.29, 0.717) is 13.0 Å². The van der Waals surface area contributed by atoms with E-state index in [2.05, 4.69) is 4.72 Å². The van der Waals surface area contributed by atoms with Crippen LogP contribution in [0.25, 0.3) is 11.1 Å². The topological polar surface area (TPSA) is 41.6 Å². The van der Waals surface area contributed by atoms with Crippen LogP contribution >= 0.6 is 11.9 Å². The lowest BCUT2D eigenvalue weighted by atomic mass is 9.95. The van der Waals surface area contributed by atoms with Crippen LogP contribution in [0.3, 0.4) is 0 Å². The van der Waals surface area contributed by atoms with Crippen molar-refractivity contribution >= 4 is 17.9 Å². The quantitative estimate of drug-likeness (QED) is 0.443. The third-order valence-corrected chi connectivity index (χ3v) is 7.69. The van der Waals surface area contributed by atoms with Gasteiger partial charge in [-0.1, -0.05) is 30.1 Å². The average molecular weight is 499 g/mol. The van der Waals surface area contributed by atoms with Gasteiger partial charge in [0.15, 0.2) is 0 Å². The number of likely N-dealkylation sites (tertiary alicyclic amines) is 1. The maximum atomic E-state index is 15.5. The van der Waals surface area contributed by atoms with Crippen molar-refractivity contribution in [2.45, 2.75) is 55.0 Å². The summed E-state index contributed by atoms with van der Waals surface area (Å²) in [6.45, 7) is -0.403. The number of hydrogen-bond acceptors (Lipinski definition) is 4. The molecule has 3 unspecified atom stereocenters. The van der Waals surface area contributed by atoms with Gasteiger partial charge in [-0.25, -0.2) is 22.0 Å². The summed E-state index contributed by atoms with van der Waals surface area (Å²) in [6.07, 6.45) is 1.31. The van der Waals surface area contributed by atoms with E-state index < -0.39 is 54.0 Å². The van der Waals surface area contributed by atoms with Crippen molar-refractivity contribution in [3.8, 4) is 11.1 Å². The van der Waals surface area contributed by atoms with Crippen molar-refractivity contribution in [3.63, 3.8) is 0 Å². The number of hydrogen-bond donors (Lipinski definition) is 1. The number of rotatable bonds is 7. The lowest BCUT2D eigenvalue weighted by molar-refractivity contribution is -0.158. The fraction of sp³-hybridized carbons (Fsp3) is 0.458. The summed E-state index contributed by atoms with van der Waals surface area (Å²) in [5.74, 6) is -6.12. The summed E-state index contributed by atoms with van der Waals surface area (Å²) in [6, 6.07) is 4.49. The van der Waals surface area contributed by atoms with Gasteiger partial charge in [0.1, 0.15) is 29.6 Å². The molecule has 1 saturated carbocycles. The fourth-order valence-corrected chi connectivity index (χ4v) is 5.42. The first-order valence-electron chi connectivity index (χ1n) is 11.2. The van der Waals surface area contributed by atoms with E-state index in [0.717, 1.165) is 35.9 Å². The minimum atomic E-state index is -3.23. The molecule has 2 aromatic rings. The lowest BCUT2D eigenvalue weighted by Gasteiger charge is -2.34. The number of benzene rings is 2. The molecule has 34 heavy (non-hydrogen) atoms. The molecule has 3 aliphatic rings. The van der Waals surface area contributed by atoms with Crippen LogP contribution in [0.1, 0.15) is 24.8 Å². The molecule has 1 amide bonds. The van der Waals surface area contributed by atoms with Gasteiger partial charge in [-0.3, -0.25) is 9.52 Å². The first-order valence-corrected chi connectivity index (χ1v) is 12.1. The van der Waals surface area contributed by atoms with E-state index in [1.165, 1.54) is 30.1 Å². The predicted octanol–water partition coefficient (Wildman–Crippen LogP) is 4.72. The van der Waals surface area contributed by atoms with E-state index in [1.807, 2.05) is 0 Å².